The summed E-state index contributed by atoms with van der Waals surface area (Å²) < 4.78 is 0. The molecule has 0 aromatic rings. The van der Waals surface area contributed by atoms with Gasteiger partial charge in [-0.1, -0.05) is 24.3 Å². The van der Waals surface area contributed by atoms with Crippen molar-refractivity contribution >= 4 is 10.0 Å². The lowest BCUT2D eigenvalue weighted by Crippen LogP contribution is -2.13. The van der Waals surface area contributed by atoms with E-state index in [4.69, 9.17) is 0 Å². The molecule has 0 aliphatic rings. The van der Waals surface area contributed by atoms with Gasteiger partial charge in [0, 0.05) is 0 Å². The van der Waals surface area contributed by atoms with Gasteiger partial charge in [0.1, 0.15) is 0 Å². The van der Waals surface area contributed by atoms with Crippen LogP contribution in [0.4, 0.5) is 0 Å². The molecule has 0 fully saturated rings. The fraction of sp³-hybridized carbons (Fsp3) is 0.333. The summed E-state index contributed by atoms with van der Waals surface area (Å²) >= 11 is 0. The minimum atomic E-state index is -0.669. The fourth-order valence-corrected chi connectivity index (χ4v) is 4.22. The zero-order valence-corrected chi connectivity index (χ0v) is 9.19. The van der Waals surface area contributed by atoms with E-state index in [2.05, 4.69) is 26.3 Å². The second kappa shape index (κ2) is 6.79. The van der Waals surface area contributed by atoms with Crippen LogP contribution in [0.25, 0.3) is 0 Å². The predicted octanol–water partition coefficient (Wildman–Crippen LogP) is 3.54. The van der Waals surface area contributed by atoms with E-state index in [1.807, 2.05) is 24.3 Å². The van der Waals surface area contributed by atoms with Crippen LogP contribution in [0.1, 0.15) is 0 Å². The summed E-state index contributed by atoms with van der Waals surface area (Å²) in [4.78, 5) is 0. The lowest BCUT2D eigenvalue weighted by atomic mass is 10.7. The highest BCUT2D eigenvalue weighted by atomic mass is 32.3. The van der Waals surface area contributed by atoms with Gasteiger partial charge in [-0.05, 0) is 23.0 Å². The third-order valence-electron chi connectivity index (χ3n) is 1.89. The monoisotopic (exact) mass is 196 g/mol. The first-order valence-electron chi connectivity index (χ1n) is 4.42. The molecular formula is C12H20S. The van der Waals surface area contributed by atoms with Crippen molar-refractivity contribution in [3.63, 3.8) is 0 Å². The SMILES string of the molecule is C=CCS(CC=C)(CC=C)CC=C. The van der Waals surface area contributed by atoms with Crippen molar-refractivity contribution in [3.8, 4) is 0 Å². The molecule has 0 rings (SSSR count). The molecule has 0 saturated heterocycles. The van der Waals surface area contributed by atoms with Crippen molar-refractivity contribution in [3.05, 3.63) is 50.6 Å². The van der Waals surface area contributed by atoms with Gasteiger partial charge in [0.05, 0.1) is 0 Å². The summed E-state index contributed by atoms with van der Waals surface area (Å²) in [5.41, 5.74) is 0. The van der Waals surface area contributed by atoms with Crippen molar-refractivity contribution in [1.82, 2.24) is 0 Å². The van der Waals surface area contributed by atoms with Gasteiger partial charge < -0.3 is 0 Å². The first-order chi connectivity index (χ1) is 6.24. The smallest absolute Gasteiger partial charge is 0.00408 e. The molecule has 1 heteroatoms. The zero-order chi connectivity index (χ0) is 10.2. The van der Waals surface area contributed by atoms with Gasteiger partial charge in [0.2, 0.25) is 0 Å². The topological polar surface area (TPSA) is 0 Å². The summed E-state index contributed by atoms with van der Waals surface area (Å²) in [6.07, 6.45) is 8.02. The molecule has 0 aliphatic carbocycles. The van der Waals surface area contributed by atoms with Gasteiger partial charge >= 0.3 is 0 Å². The van der Waals surface area contributed by atoms with E-state index in [0.29, 0.717) is 0 Å². The Morgan fingerprint density at radius 3 is 1.00 bits per heavy atom. The van der Waals surface area contributed by atoms with Gasteiger partial charge in [-0.15, -0.1) is 26.3 Å². The standard InChI is InChI=1S/C12H20S/c1-5-9-13(10-6-2,11-7-3)12-8-4/h5-8H,1-4,9-12H2. The molecule has 0 aliphatic heterocycles. The van der Waals surface area contributed by atoms with Crippen molar-refractivity contribution in [2.24, 2.45) is 0 Å². The Morgan fingerprint density at radius 1 is 0.615 bits per heavy atom. The van der Waals surface area contributed by atoms with Gasteiger partial charge in [0.25, 0.3) is 0 Å². The van der Waals surface area contributed by atoms with Crippen LogP contribution in [-0.2, 0) is 0 Å². The lowest BCUT2D eigenvalue weighted by molar-refractivity contribution is 1.52. The number of hydrogen-bond donors (Lipinski definition) is 0. The van der Waals surface area contributed by atoms with Crippen LogP contribution < -0.4 is 0 Å². The van der Waals surface area contributed by atoms with E-state index >= 15 is 0 Å². The molecule has 0 N–H and O–H groups in total. The molecule has 0 spiro atoms. The van der Waals surface area contributed by atoms with E-state index in [9.17, 15) is 0 Å². The second-order valence-electron chi connectivity index (χ2n) is 3.05. The molecule has 0 bridgehead atoms. The first-order valence-corrected chi connectivity index (χ1v) is 6.73. The summed E-state index contributed by atoms with van der Waals surface area (Å²) in [6.45, 7) is 15.2. The molecule has 0 aromatic heterocycles. The Kier molecular flexibility index (Phi) is 6.43. The molecular weight excluding hydrogens is 176 g/mol. The summed E-state index contributed by atoms with van der Waals surface area (Å²) in [5.74, 6) is 4.32. The lowest BCUT2D eigenvalue weighted by Gasteiger charge is -2.36. The molecule has 0 radical (unpaired) electrons. The highest BCUT2D eigenvalue weighted by molar-refractivity contribution is 8.34. The van der Waals surface area contributed by atoms with Crippen LogP contribution in [-0.4, -0.2) is 23.0 Å². The average molecular weight is 196 g/mol. The van der Waals surface area contributed by atoms with E-state index in [0.717, 1.165) is 23.0 Å². The van der Waals surface area contributed by atoms with E-state index < -0.39 is 10.0 Å². The average Bonchev–Trinajstić information content (AvgIpc) is 2.06. The summed E-state index contributed by atoms with van der Waals surface area (Å²) in [7, 11) is -0.669. The molecule has 0 nitrogen and oxygen atoms in total. The van der Waals surface area contributed by atoms with Gasteiger partial charge in [-0.3, -0.25) is 0 Å². The van der Waals surface area contributed by atoms with E-state index in [1.54, 1.807) is 0 Å². The summed E-state index contributed by atoms with van der Waals surface area (Å²) in [5, 5.41) is 0. The second-order valence-corrected chi connectivity index (χ2v) is 6.83. The molecule has 74 valence electrons. The molecule has 0 atom stereocenters. The van der Waals surface area contributed by atoms with Crippen molar-refractivity contribution < 1.29 is 0 Å². The maximum absolute atomic E-state index is 3.81. The summed E-state index contributed by atoms with van der Waals surface area (Å²) in [6, 6.07) is 0. The predicted molar refractivity (Wildman–Crippen MR) is 67.8 cm³/mol. The van der Waals surface area contributed by atoms with Crippen LogP contribution in [0.2, 0.25) is 0 Å². The van der Waals surface area contributed by atoms with Crippen LogP contribution in [0, 0.1) is 0 Å². The van der Waals surface area contributed by atoms with Crippen molar-refractivity contribution in [2.45, 2.75) is 0 Å². The molecule has 13 heavy (non-hydrogen) atoms. The quantitative estimate of drug-likeness (QED) is 0.521. The first kappa shape index (κ1) is 12.3. The molecule has 0 aromatic carbocycles. The largest absolute Gasteiger partial charge is 0.227 e. The number of hydrogen-bond acceptors (Lipinski definition) is 0. The van der Waals surface area contributed by atoms with Crippen molar-refractivity contribution in [1.29, 1.82) is 0 Å². The zero-order valence-electron chi connectivity index (χ0n) is 8.37. The Morgan fingerprint density at radius 2 is 0.846 bits per heavy atom. The highest BCUT2D eigenvalue weighted by Crippen LogP contribution is 2.47. The van der Waals surface area contributed by atoms with Gasteiger partial charge in [0.15, 0.2) is 0 Å². The van der Waals surface area contributed by atoms with Gasteiger partial charge in [-0.2, -0.15) is 0 Å². The third-order valence-corrected chi connectivity index (χ3v) is 5.66. The van der Waals surface area contributed by atoms with Crippen molar-refractivity contribution in [2.75, 3.05) is 23.0 Å². The minimum Gasteiger partial charge on any atom is -0.227 e. The normalized spacial score (nSPS) is 11.7. The number of rotatable bonds is 8. The Bertz CT molecular complexity index is 146. The van der Waals surface area contributed by atoms with Crippen LogP contribution in [0.15, 0.2) is 50.6 Å². The minimum absolute atomic E-state index is 0.669. The molecule has 0 heterocycles. The molecule has 0 unspecified atom stereocenters. The maximum Gasteiger partial charge on any atom is -0.00408 e. The third kappa shape index (κ3) is 4.18. The maximum atomic E-state index is 3.81. The van der Waals surface area contributed by atoms with Crippen LogP contribution >= 0.6 is 10.0 Å². The molecule has 0 saturated carbocycles. The van der Waals surface area contributed by atoms with E-state index in [-0.39, 0.29) is 0 Å². The Balaban J connectivity index is 4.53. The van der Waals surface area contributed by atoms with Gasteiger partial charge in [-0.25, -0.2) is 10.0 Å². The van der Waals surface area contributed by atoms with Crippen LogP contribution in [0.3, 0.4) is 0 Å². The Labute approximate surface area is 84.1 Å². The van der Waals surface area contributed by atoms with E-state index in [1.165, 1.54) is 0 Å². The fourth-order valence-electron chi connectivity index (χ4n) is 1.41. The molecule has 0 amide bonds. The highest BCUT2D eigenvalue weighted by Gasteiger charge is 2.17. The van der Waals surface area contributed by atoms with Crippen LogP contribution in [0.5, 0.6) is 0 Å². The Hall–Kier alpha value is -0.690.